The molecule has 0 aromatic rings. The van der Waals surface area contributed by atoms with Gasteiger partial charge in [0.1, 0.15) is 12.3 Å². The molecule has 1 aliphatic heterocycles. The highest BCUT2D eigenvalue weighted by Crippen LogP contribution is 2.31. The maximum absolute atomic E-state index is 13.8. The number of imide groups is 1. The zero-order chi connectivity index (χ0) is 16.4. The van der Waals surface area contributed by atoms with Gasteiger partial charge in [-0.1, -0.05) is 18.2 Å². The molecule has 0 spiro atoms. The first-order chi connectivity index (χ1) is 10.3. The molecule has 2 fully saturated rings. The maximum Gasteiger partial charge on any atom is 0.326 e. The normalized spacial score (nSPS) is 35.8. The third-order valence-electron chi connectivity index (χ3n) is 4.58. The smallest absolute Gasteiger partial charge is 0.320 e. The van der Waals surface area contributed by atoms with Gasteiger partial charge in [-0.25, -0.2) is 13.6 Å². The van der Waals surface area contributed by atoms with Crippen LogP contribution in [0.2, 0.25) is 0 Å². The van der Waals surface area contributed by atoms with E-state index in [9.17, 15) is 18.4 Å². The van der Waals surface area contributed by atoms with Gasteiger partial charge in [-0.05, 0) is 26.2 Å². The van der Waals surface area contributed by atoms with E-state index in [0.29, 0.717) is 24.8 Å². The second-order valence-electron chi connectivity index (χ2n) is 5.98. The highest BCUT2D eigenvalue weighted by atomic mass is 19.1. The lowest BCUT2D eigenvalue weighted by Gasteiger charge is -2.36. The van der Waals surface area contributed by atoms with Gasteiger partial charge >= 0.3 is 6.03 Å². The van der Waals surface area contributed by atoms with Crippen LogP contribution in [0.3, 0.4) is 0 Å². The van der Waals surface area contributed by atoms with Crippen LogP contribution in [0.25, 0.3) is 0 Å². The number of carbonyl (C=O) groups excluding carboxylic acids is 2. The van der Waals surface area contributed by atoms with Gasteiger partial charge in [-0.15, -0.1) is 0 Å². The molecule has 1 heterocycles. The molecule has 2 aliphatic rings. The van der Waals surface area contributed by atoms with Gasteiger partial charge in [0.05, 0.1) is 6.04 Å². The fourth-order valence-electron chi connectivity index (χ4n) is 2.93. The molecule has 22 heavy (non-hydrogen) atoms. The number of carbonyl (C=O) groups is 2. The summed E-state index contributed by atoms with van der Waals surface area (Å²) >= 11 is 0. The van der Waals surface area contributed by atoms with Gasteiger partial charge in [-0.2, -0.15) is 0 Å². The number of hydrogen-bond donors (Lipinski definition) is 0. The van der Waals surface area contributed by atoms with Gasteiger partial charge in [0, 0.05) is 25.6 Å². The van der Waals surface area contributed by atoms with E-state index in [0.717, 1.165) is 4.90 Å². The second kappa shape index (κ2) is 6.58. The van der Waals surface area contributed by atoms with Crippen molar-refractivity contribution in [2.45, 2.75) is 44.6 Å². The Kier molecular flexibility index (Phi) is 4.98. The van der Waals surface area contributed by atoms with Gasteiger partial charge in [0.15, 0.2) is 0 Å². The molecule has 1 saturated heterocycles. The first-order valence-electron chi connectivity index (χ1n) is 7.56. The molecular weight excluding hydrogens is 290 g/mol. The molecule has 0 aromatic carbocycles. The molecule has 4 nitrogen and oxygen atoms in total. The Morgan fingerprint density at radius 1 is 1.14 bits per heavy atom. The molecule has 2 rings (SSSR count). The third-order valence-corrected chi connectivity index (χ3v) is 4.58. The molecule has 3 atom stereocenters. The molecule has 0 radical (unpaired) electrons. The zero-order valence-corrected chi connectivity index (χ0v) is 13.1. The van der Waals surface area contributed by atoms with E-state index in [2.05, 4.69) is 0 Å². The van der Waals surface area contributed by atoms with E-state index in [4.69, 9.17) is 0 Å². The van der Waals surface area contributed by atoms with Crippen LogP contribution in [0.4, 0.5) is 13.6 Å². The van der Waals surface area contributed by atoms with Crippen LogP contribution < -0.4 is 0 Å². The van der Waals surface area contributed by atoms with E-state index < -0.39 is 18.3 Å². The lowest BCUT2D eigenvalue weighted by molar-refractivity contribution is -0.125. The van der Waals surface area contributed by atoms with Crippen LogP contribution in [0.5, 0.6) is 0 Å². The summed E-state index contributed by atoms with van der Waals surface area (Å²) in [7, 11) is 3.03. The Morgan fingerprint density at radius 3 is 2.32 bits per heavy atom. The molecule has 0 bridgehead atoms. The lowest BCUT2D eigenvalue weighted by atomic mass is 9.85. The van der Waals surface area contributed by atoms with Gasteiger partial charge in [0.25, 0.3) is 5.91 Å². The number of nitrogens with zero attached hydrogens (tertiary/aromatic N) is 2. The van der Waals surface area contributed by atoms with Crippen molar-refractivity contribution in [3.05, 3.63) is 23.8 Å². The molecule has 3 amide bonds. The minimum atomic E-state index is -1.18. The largest absolute Gasteiger partial charge is 0.326 e. The van der Waals surface area contributed by atoms with Crippen molar-refractivity contribution in [3.8, 4) is 0 Å². The summed E-state index contributed by atoms with van der Waals surface area (Å²) in [5.74, 6) is -1.13. The SMILES string of the molecule is CC1/C(=C/C=C/C2C(F)CCCC2F)C(=O)N(C)C(=O)N1C. The van der Waals surface area contributed by atoms with Crippen LogP contribution in [-0.2, 0) is 4.79 Å². The maximum atomic E-state index is 13.8. The Bertz CT molecular complexity index is 508. The monoisotopic (exact) mass is 312 g/mol. The number of likely N-dealkylation sites (N-methyl/N-ethyl adjacent to an activating group) is 2. The van der Waals surface area contributed by atoms with E-state index >= 15 is 0 Å². The Hall–Kier alpha value is -1.72. The number of amides is 3. The molecule has 6 heteroatoms. The van der Waals surface area contributed by atoms with Crippen LogP contribution in [0.1, 0.15) is 26.2 Å². The average molecular weight is 312 g/mol. The summed E-state index contributed by atoms with van der Waals surface area (Å²) in [6.07, 6.45) is 3.56. The number of allylic oxidation sites excluding steroid dienone is 3. The number of hydrogen-bond acceptors (Lipinski definition) is 2. The van der Waals surface area contributed by atoms with Crippen molar-refractivity contribution in [1.82, 2.24) is 9.80 Å². The number of rotatable bonds is 2. The summed E-state index contributed by atoms with van der Waals surface area (Å²) in [5.41, 5.74) is 0.433. The predicted octanol–water partition coefficient (Wildman–Crippen LogP) is 2.86. The van der Waals surface area contributed by atoms with E-state index in [1.54, 1.807) is 20.0 Å². The van der Waals surface area contributed by atoms with E-state index in [1.807, 2.05) is 0 Å². The highest BCUT2D eigenvalue weighted by molar-refractivity contribution is 6.07. The Balaban J connectivity index is 2.15. The molecule has 122 valence electrons. The molecule has 0 N–H and O–H groups in total. The predicted molar refractivity (Wildman–Crippen MR) is 79.7 cm³/mol. The van der Waals surface area contributed by atoms with E-state index in [1.165, 1.54) is 24.1 Å². The molecule has 0 aromatic heterocycles. The lowest BCUT2D eigenvalue weighted by Crippen LogP contribution is -2.54. The summed E-state index contributed by atoms with van der Waals surface area (Å²) < 4.78 is 27.5. The highest BCUT2D eigenvalue weighted by Gasteiger charge is 2.36. The van der Waals surface area contributed by atoms with E-state index in [-0.39, 0.29) is 18.0 Å². The summed E-state index contributed by atoms with van der Waals surface area (Å²) in [6, 6.07) is -0.729. The van der Waals surface area contributed by atoms with Crippen molar-refractivity contribution < 1.29 is 18.4 Å². The van der Waals surface area contributed by atoms with Crippen LogP contribution >= 0.6 is 0 Å². The van der Waals surface area contributed by atoms with Crippen molar-refractivity contribution in [3.63, 3.8) is 0 Å². The van der Waals surface area contributed by atoms with Crippen molar-refractivity contribution in [1.29, 1.82) is 0 Å². The zero-order valence-electron chi connectivity index (χ0n) is 13.1. The molecule has 3 unspecified atom stereocenters. The molecular formula is C16H22F2N2O2. The third kappa shape index (κ3) is 3.05. The van der Waals surface area contributed by atoms with Gasteiger partial charge in [-0.3, -0.25) is 9.69 Å². The van der Waals surface area contributed by atoms with Crippen LogP contribution in [-0.4, -0.2) is 54.2 Å². The quantitative estimate of drug-likeness (QED) is 0.736. The average Bonchev–Trinajstić information content (AvgIpc) is 2.49. The Labute approximate surface area is 129 Å². The van der Waals surface area contributed by atoms with Crippen LogP contribution in [0.15, 0.2) is 23.8 Å². The van der Waals surface area contributed by atoms with Gasteiger partial charge in [0.2, 0.25) is 0 Å². The fraction of sp³-hybridized carbons (Fsp3) is 0.625. The Morgan fingerprint density at radius 2 is 1.73 bits per heavy atom. The van der Waals surface area contributed by atoms with Crippen molar-refractivity contribution in [2.75, 3.05) is 14.1 Å². The fourth-order valence-corrected chi connectivity index (χ4v) is 2.93. The van der Waals surface area contributed by atoms with Crippen LogP contribution in [0, 0.1) is 5.92 Å². The molecule has 1 saturated carbocycles. The number of alkyl halides is 2. The number of urea groups is 1. The summed E-state index contributed by atoms with van der Waals surface area (Å²) in [6.45, 7) is 1.75. The second-order valence-corrected chi connectivity index (χ2v) is 5.98. The minimum absolute atomic E-state index is 0.362. The van der Waals surface area contributed by atoms with Gasteiger partial charge < -0.3 is 4.90 Å². The topological polar surface area (TPSA) is 40.6 Å². The minimum Gasteiger partial charge on any atom is -0.320 e. The van der Waals surface area contributed by atoms with Crippen molar-refractivity contribution >= 4 is 11.9 Å². The first-order valence-corrected chi connectivity index (χ1v) is 7.56. The summed E-state index contributed by atoms with van der Waals surface area (Å²) in [5, 5.41) is 0. The molecule has 1 aliphatic carbocycles. The standard InChI is InChI=1S/C16H22F2N2O2/c1-10-11(15(21)20(3)16(22)19(10)2)6-4-7-12-13(17)8-5-9-14(12)18/h4,6-7,10,12-14H,5,8-9H2,1-3H3/b7-4+,11-6-. The number of halogens is 2. The first kappa shape index (κ1) is 16.6. The van der Waals surface area contributed by atoms with Crippen molar-refractivity contribution in [2.24, 2.45) is 5.92 Å². The summed E-state index contributed by atoms with van der Waals surface area (Å²) in [4.78, 5) is 26.4.